The van der Waals surface area contributed by atoms with E-state index < -0.39 is 11.9 Å². The highest BCUT2D eigenvalue weighted by Gasteiger charge is 2.20. The van der Waals surface area contributed by atoms with Crippen molar-refractivity contribution < 1.29 is 14.4 Å². The molecule has 0 aliphatic heterocycles. The molecule has 0 saturated carbocycles. The molecule has 6 heteroatoms. The summed E-state index contributed by atoms with van der Waals surface area (Å²) < 4.78 is 0. The Morgan fingerprint density at radius 2 is 1.61 bits per heavy atom. The smallest absolute Gasteiger partial charge is 0.318 e. The summed E-state index contributed by atoms with van der Waals surface area (Å²) in [6, 6.07) is -0.418. The van der Waals surface area contributed by atoms with Crippen LogP contribution in [0, 0.1) is 5.41 Å². The van der Waals surface area contributed by atoms with Crippen molar-refractivity contribution in [2.24, 2.45) is 11.1 Å². The van der Waals surface area contributed by atoms with Crippen LogP contribution in [0.5, 0.6) is 0 Å². The number of carbonyl (C=O) groups is 3. The summed E-state index contributed by atoms with van der Waals surface area (Å²) in [5.74, 6) is -0.652. The lowest BCUT2D eigenvalue weighted by Gasteiger charge is -2.24. The molecule has 0 atom stereocenters. The molecule has 0 aromatic heterocycles. The third-order valence-corrected chi connectivity index (χ3v) is 3.33. The summed E-state index contributed by atoms with van der Waals surface area (Å²) in [6.07, 6.45) is 5.75. The lowest BCUT2D eigenvalue weighted by Crippen LogP contribution is -2.48. The third kappa shape index (κ3) is 12.6. The number of ketones is 1. The van der Waals surface area contributed by atoms with Gasteiger partial charge in [-0.2, -0.15) is 0 Å². The van der Waals surface area contributed by atoms with Gasteiger partial charge in [-0.05, 0) is 11.8 Å². The van der Waals surface area contributed by atoms with E-state index in [0.29, 0.717) is 13.0 Å². The Hall–Kier alpha value is -1.59. The Morgan fingerprint density at radius 3 is 2.13 bits per heavy atom. The van der Waals surface area contributed by atoms with Crippen LogP contribution in [0.2, 0.25) is 0 Å². The van der Waals surface area contributed by atoms with Gasteiger partial charge in [-0.15, -0.1) is 0 Å². The number of carbonyl (C=O) groups excluding carboxylic acids is 3. The van der Waals surface area contributed by atoms with Gasteiger partial charge in [0.05, 0.1) is 6.54 Å². The first-order valence-electron chi connectivity index (χ1n) is 8.48. The summed E-state index contributed by atoms with van der Waals surface area (Å²) in [7, 11) is 0. The fourth-order valence-electron chi connectivity index (χ4n) is 2.06. The zero-order chi connectivity index (χ0) is 17.9. The van der Waals surface area contributed by atoms with E-state index in [1.807, 2.05) is 20.8 Å². The molecule has 0 fully saturated rings. The second-order valence-corrected chi connectivity index (χ2v) is 7.24. The molecule has 0 aromatic rings. The van der Waals surface area contributed by atoms with Gasteiger partial charge in [0.1, 0.15) is 6.54 Å². The Balaban J connectivity index is 4.34. The highest BCUT2D eigenvalue weighted by Crippen LogP contribution is 2.11. The van der Waals surface area contributed by atoms with Gasteiger partial charge >= 0.3 is 6.03 Å². The van der Waals surface area contributed by atoms with Crippen molar-refractivity contribution in [3.8, 4) is 0 Å². The van der Waals surface area contributed by atoms with Crippen LogP contribution in [-0.4, -0.2) is 42.3 Å². The molecule has 0 heterocycles. The number of hydrogen-bond acceptors (Lipinski definition) is 3. The minimum Gasteiger partial charge on any atom is -0.368 e. The molecule has 0 rings (SSSR count). The quantitative estimate of drug-likeness (QED) is 0.571. The minimum absolute atomic E-state index is 0.0337. The number of nitrogens with one attached hydrogen (secondary N) is 1. The van der Waals surface area contributed by atoms with Gasteiger partial charge in [-0.1, -0.05) is 53.4 Å². The van der Waals surface area contributed by atoms with E-state index in [9.17, 15) is 14.4 Å². The van der Waals surface area contributed by atoms with Crippen LogP contribution >= 0.6 is 0 Å². The Labute approximate surface area is 140 Å². The van der Waals surface area contributed by atoms with Gasteiger partial charge in [0, 0.05) is 13.0 Å². The standard InChI is InChI=1S/C17H33N3O3/c1-5-6-7-8-9-10-14(21)11-20(12-15(18)22)16(23)19-13-17(2,3)4/h5-13H2,1-4H3,(H2,18,22)(H,19,23). The SMILES string of the molecule is CCCCCCCC(=O)CN(CC(N)=O)C(=O)NCC(C)(C)C. The molecule has 0 bridgehead atoms. The van der Waals surface area contributed by atoms with E-state index in [4.69, 9.17) is 5.73 Å². The van der Waals surface area contributed by atoms with E-state index >= 15 is 0 Å². The lowest BCUT2D eigenvalue weighted by atomic mass is 9.97. The molecule has 23 heavy (non-hydrogen) atoms. The molecule has 0 unspecified atom stereocenters. The van der Waals surface area contributed by atoms with Crippen molar-refractivity contribution >= 4 is 17.7 Å². The number of primary amides is 1. The van der Waals surface area contributed by atoms with Gasteiger partial charge in [-0.3, -0.25) is 9.59 Å². The van der Waals surface area contributed by atoms with Crippen molar-refractivity contribution in [2.45, 2.75) is 66.2 Å². The minimum atomic E-state index is -0.619. The highest BCUT2D eigenvalue weighted by atomic mass is 16.2. The molecule has 3 N–H and O–H groups in total. The number of hydrogen-bond donors (Lipinski definition) is 2. The number of nitrogens with two attached hydrogens (primary N) is 1. The average molecular weight is 327 g/mol. The number of urea groups is 1. The molecule has 0 saturated heterocycles. The van der Waals surface area contributed by atoms with Gasteiger partial charge in [-0.25, -0.2) is 4.79 Å². The van der Waals surface area contributed by atoms with Crippen molar-refractivity contribution in [3.05, 3.63) is 0 Å². The Morgan fingerprint density at radius 1 is 1.00 bits per heavy atom. The second-order valence-electron chi connectivity index (χ2n) is 7.24. The maximum absolute atomic E-state index is 12.1. The van der Waals surface area contributed by atoms with Crippen LogP contribution in [0.25, 0.3) is 0 Å². The number of unbranched alkanes of at least 4 members (excludes halogenated alkanes) is 4. The van der Waals surface area contributed by atoms with E-state index in [0.717, 1.165) is 25.7 Å². The van der Waals surface area contributed by atoms with Crippen LogP contribution in [-0.2, 0) is 9.59 Å². The largest absolute Gasteiger partial charge is 0.368 e. The van der Waals surface area contributed by atoms with Crippen molar-refractivity contribution in [1.82, 2.24) is 10.2 Å². The maximum Gasteiger partial charge on any atom is 0.318 e. The summed E-state index contributed by atoms with van der Waals surface area (Å²) in [5.41, 5.74) is 5.10. The van der Waals surface area contributed by atoms with Crippen LogP contribution in [0.15, 0.2) is 0 Å². The summed E-state index contributed by atoms with van der Waals surface area (Å²) in [5, 5.41) is 2.74. The van der Waals surface area contributed by atoms with Crippen molar-refractivity contribution in [2.75, 3.05) is 19.6 Å². The molecule has 0 aliphatic rings. The summed E-state index contributed by atoms with van der Waals surface area (Å²) in [4.78, 5) is 36.4. The molecule has 3 amide bonds. The zero-order valence-electron chi connectivity index (χ0n) is 15.1. The van der Waals surface area contributed by atoms with E-state index in [-0.39, 0.29) is 24.3 Å². The number of amides is 3. The number of rotatable bonds is 11. The molecule has 0 aromatic carbocycles. The molecule has 6 nitrogen and oxygen atoms in total. The van der Waals surface area contributed by atoms with Gasteiger partial charge < -0.3 is 16.0 Å². The fourth-order valence-corrected chi connectivity index (χ4v) is 2.06. The van der Waals surface area contributed by atoms with Crippen LogP contribution in [0.1, 0.15) is 66.2 Å². The van der Waals surface area contributed by atoms with Crippen LogP contribution in [0.4, 0.5) is 4.79 Å². The first-order chi connectivity index (χ1) is 10.7. The predicted octanol–water partition coefficient (Wildman–Crippen LogP) is 2.46. The normalized spacial score (nSPS) is 11.1. The number of Topliss-reactive ketones (excluding diaryl/α,β-unsaturated/α-hetero) is 1. The van der Waals surface area contributed by atoms with E-state index in [2.05, 4.69) is 12.2 Å². The van der Waals surface area contributed by atoms with Gasteiger partial charge in [0.15, 0.2) is 5.78 Å². The van der Waals surface area contributed by atoms with Crippen molar-refractivity contribution in [1.29, 1.82) is 0 Å². The molecule has 0 spiro atoms. The second kappa shape index (κ2) is 11.0. The van der Waals surface area contributed by atoms with Crippen LogP contribution in [0.3, 0.4) is 0 Å². The Bertz CT molecular complexity index is 389. The first-order valence-corrected chi connectivity index (χ1v) is 8.48. The Kier molecular flexibility index (Phi) is 10.3. The topological polar surface area (TPSA) is 92.5 Å². The number of nitrogens with zero attached hydrogens (tertiary/aromatic N) is 1. The first kappa shape index (κ1) is 21.4. The van der Waals surface area contributed by atoms with Gasteiger partial charge in [0.25, 0.3) is 0 Å². The lowest BCUT2D eigenvalue weighted by molar-refractivity contribution is -0.121. The predicted molar refractivity (Wildman–Crippen MR) is 92.0 cm³/mol. The van der Waals surface area contributed by atoms with Gasteiger partial charge in [0.2, 0.25) is 5.91 Å². The summed E-state index contributed by atoms with van der Waals surface area (Å²) in [6.45, 7) is 8.28. The maximum atomic E-state index is 12.1. The molecular formula is C17H33N3O3. The zero-order valence-corrected chi connectivity index (χ0v) is 15.1. The molecule has 0 aliphatic carbocycles. The highest BCUT2D eigenvalue weighted by molar-refractivity contribution is 5.88. The third-order valence-electron chi connectivity index (χ3n) is 3.33. The molecule has 0 radical (unpaired) electrons. The fraction of sp³-hybridized carbons (Fsp3) is 0.824. The molecule has 134 valence electrons. The van der Waals surface area contributed by atoms with E-state index in [1.54, 1.807) is 0 Å². The average Bonchev–Trinajstić information content (AvgIpc) is 2.42. The summed E-state index contributed by atoms with van der Waals surface area (Å²) >= 11 is 0. The monoisotopic (exact) mass is 327 g/mol. The van der Waals surface area contributed by atoms with Crippen molar-refractivity contribution in [3.63, 3.8) is 0 Å². The molecular weight excluding hydrogens is 294 g/mol. The van der Waals surface area contributed by atoms with Crippen LogP contribution < -0.4 is 11.1 Å². The van der Waals surface area contributed by atoms with E-state index in [1.165, 1.54) is 11.3 Å².